The van der Waals surface area contributed by atoms with Crippen LogP contribution in [-0.4, -0.2) is 16.1 Å². The van der Waals surface area contributed by atoms with Crippen molar-refractivity contribution in [3.63, 3.8) is 0 Å². The van der Waals surface area contributed by atoms with Crippen molar-refractivity contribution in [1.82, 2.24) is 10.2 Å². The maximum atomic E-state index is 12.2. The van der Waals surface area contributed by atoms with E-state index in [9.17, 15) is 4.79 Å². The largest absolute Gasteiger partial charge is 0.403 e. The zero-order valence-corrected chi connectivity index (χ0v) is 13.3. The van der Waals surface area contributed by atoms with Crippen molar-refractivity contribution >= 4 is 11.9 Å². The highest BCUT2D eigenvalue weighted by atomic mass is 16.4. The predicted octanol–water partition coefficient (Wildman–Crippen LogP) is 3.91. The zero-order chi connectivity index (χ0) is 16.4. The van der Waals surface area contributed by atoms with E-state index in [1.807, 2.05) is 51.1 Å². The minimum absolute atomic E-state index is 0.0902. The molecule has 0 radical (unpaired) electrons. The number of hydrogen-bond acceptors (Lipinski definition) is 4. The van der Waals surface area contributed by atoms with Gasteiger partial charge in [0, 0.05) is 11.1 Å². The Morgan fingerprint density at radius 3 is 2.57 bits per heavy atom. The summed E-state index contributed by atoms with van der Waals surface area (Å²) < 4.78 is 5.57. The molecule has 3 aromatic rings. The summed E-state index contributed by atoms with van der Waals surface area (Å²) in [5.41, 5.74) is 4.58. The molecule has 116 valence electrons. The third kappa shape index (κ3) is 3.29. The lowest BCUT2D eigenvalue weighted by molar-refractivity contribution is 0.102. The SMILES string of the molecule is Cc1cccc(C(=O)Nc2nnc(-c3cc(C)ccc3C)o2)c1. The highest BCUT2D eigenvalue weighted by molar-refractivity contribution is 6.03. The fraction of sp³-hybridized carbons (Fsp3) is 0.167. The van der Waals surface area contributed by atoms with Crippen LogP contribution in [0.2, 0.25) is 0 Å². The molecule has 23 heavy (non-hydrogen) atoms. The second-order valence-corrected chi connectivity index (χ2v) is 5.55. The monoisotopic (exact) mass is 307 g/mol. The van der Waals surface area contributed by atoms with E-state index in [2.05, 4.69) is 15.5 Å². The Bertz CT molecular complexity index is 868. The normalized spacial score (nSPS) is 10.6. The Morgan fingerprint density at radius 2 is 1.78 bits per heavy atom. The Kier molecular flexibility index (Phi) is 3.93. The first kappa shape index (κ1) is 15.0. The van der Waals surface area contributed by atoms with Gasteiger partial charge in [0.05, 0.1) is 0 Å². The maximum Gasteiger partial charge on any atom is 0.322 e. The van der Waals surface area contributed by atoms with Crippen LogP contribution >= 0.6 is 0 Å². The van der Waals surface area contributed by atoms with Crippen LogP contribution < -0.4 is 5.32 Å². The van der Waals surface area contributed by atoms with Crippen LogP contribution in [0.25, 0.3) is 11.5 Å². The number of aromatic nitrogens is 2. The molecule has 0 atom stereocenters. The number of benzene rings is 2. The first-order chi connectivity index (χ1) is 11.0. The molecular weight excluding hydrogens is 290 g/mol. The van der Waals surface area contributed by atoms with Gasteiger partial charge in [-0.05, 0) is 44.5 Å². The van der Waals surface area contributed by atoms with Crippen molar-refractivity contribution < 1.29 is 9.21 Å². The van der Waals surface area contributed by atoms with Crippen LogP contribution in [0.5, 0.6) is 0 Å². The molecule has 0 unspecified atom stereocenters. The van der Waals surface area contributed by atoms with Crippen molar-refractivity contribution in [3.8, 4) is 11.5 Å². The molecule has 5 heteroatoms. The van der Waals surface area contributed by atoms with Gasteiger partial charge in [-0.3, -0.25) is 10.1 Å². The third-order valence-corrected chi connectivity index (χ3v) is 3.55. The summed E-state index contributed by atoms with van der Waals surface area (Å²) in [6, 6.07) is 13.4. The molecule has 0 aliphatic heterocycles. The molecular formula is C18H17N3O2. The van der Waals surface area contributed by atoms with Crippen LogP contribution in [0.4, 0.5) is 6.01 Å². The second-order valence-electron chi connectivity index (χ2n) is 5.55. The standard InChI is InChI=1S/C18H17N3O2/c1-11-5-4-6-14(9-11)16(22)19-18-21-20-17(23-18)15-10-12(2)7-8-13(15)3/h4-10H,1-3H3,(H,19,21,22). The molecule has 1 aromatic heterocycles. The summed E-state index contributed by atoms with van der Waals surface area (Å²) in [5, 5.41) is 10.6. The van der Waals surface area contributed by atoms with Crippen molar-refractivity contribution in [1.29, 1.82) is 0 Å². The first-order valence-electron chi connectivity index (χ1n) is 7.32. The smallest absolute Gasteiger partial charge is 0.322 e. The summed E-state index contributed by atoms with van der Waals surface area (Å²) in [7, 11) is 0. The topological polar surface area (TPSA) is 68.0 Å². The number of carbonyl (C=O) groups excluding carboxylic acids is 1. The van der Waals surface area contributed by atoms with Gasteiger partial charge in [-0.1, -0.05) is 40.5 Å². The van der Waals surface area contributed by atoms with Crippen molar-refractivity contribution in [2.24, 2.45) is 0 Å². The Labute approximate surface area is 134 Å². The van der Waals surface area contributed by atoms with Crippen molar-refractivity contribution in [2.75, 3.05) is 5.32 Å². The van der Waals surface area contributed by atoms with E-state index < -0.39 is 0 Å². The average molecular weight is 307 g/mol. The number of aryl methyl sites for hydroxylation is 3. The molecule has 0 aliphatic rings. The Morgan fingerprint density at radius 1 is 1.00 bits per heavy atom. The lowest BCUT2D eigenvalue weighted by Crippen LogP contribution is -2.12. The summed E-state index contributed by atoms with van der Waals surface area (Å²) >= 11 is 0. The summed E-state index contributed by atoms with van der Waals surface area (Å²) in [4.78, 5) is 12.2. The number of nitrogens with zero attached hydrogens (tertiary/aromatic N) is 2. The molecule has 0 saturated carbocycles. The molecule has 1 heterocycles. The van der Waals surface area contributed by atoms with Crippen LogP contribution in [0.3, 0.4) is 0 Å². The molecule has 1 amide bonds. The lowest BCUT2D eigenvalue weighted by atomic mass is 10.1. The number of anilines is 1. The Balaban J connectivity index is 1.82. The number of hydrogen-bond donors (Lipinski definition) is 1. The van der Waals surface area contributed by atoms with E-state index in [0.717, 1.165) is 22.3 Å². The molecule has 0 fully saturated rings. The van der Waals surface area contributed by atoms with Crippen molar-refractivity contribution in [3.05, 3.63) is 64.7 Å². The predicted molar refractivity (Wildman–Crippen MR) is 88.3 cm³/mol. The first-order valence-corrected chi connectivity index (χ1v) is 7.32. The van der Waals surface area contributed by atoms with E-state index in [1.165, 1.54) is 0 Å². The maximum absolute atomic E-state index is 12.2. The van der Waals surface area contributed by atoms with E-state index in [4.69, 9.17) is 4.42 Å². The number of nitrogens with one attached hydrogen (secondary N) is 1. The van der Waals surface area contributed by atoms with Gasteiger partial charge < -0.3 is 4.42 Å². The molecule has 0 bridgehead atoms. The fourth-order valence-corrected chi connectivity index (χ4v) is 2.30. The van der Waals surface area contributed by atoms with Gasteiger partial charge in [-0.15, -0.1) is 5.10 Å². The Hall–Kier alpha value is -2.95. The van der Waals surface area contributed by atoms with E-state index in [0.29, 0.717) is 11.5 Å². The molecule has 3 rings (SSSR count). The average Bonchev–Trinajstić information content (AvgIpc) is 2.98. The molecule has 5 nitrogen and oxygen atoms in total. The highest BCUT2D eigenvalue weighted by Gasteiger charge is 2.14. The van der Waals surface area contributed by atoms with Gasteiger partial charge in [0.25, 0.3) is 5.91 Å². The van der Waals surface area contributed by atoms with E-state index >= 15 is 0 Å². The summed E-state index contributed by atoms with van der Waals surface area (Å²) in [6.45, 7) is 5.91. The van der Waals surface area contributed by atoms with E-state index in [1.54, 1.807) is 12.1 Å². The minimum atomic E-state index is -0.273. The van der Waals surface area contributed by atoms with Crippen LogP contribution in [-0.2, 0) is 0 Å². The molecule has 0 spiro atoms. The molecule has 0 aliphatic carbocycles. The molecule has 1 N–H and O–H groups in total. The second kappa shape index (κ2) is 6.04. The highest BCUT2D eigenvalue weighted by Crippen LogP contribution is 2.24. The van der Waals surface area contributed by atoms with Gasteiger partial charge in [0.15, 0.2) is 0 Å². The molecule has 2 aromatic carbocycles. The van der Waals surface area contributed by atoms with Gasteiger partial charge in [-0.25, -0.2) is 0 Å². The number of carbonyl (C=O) groups is 1. The third-order valence-electron chi connectivity index (χ3n) is 3.55. The van der Waals surface area contributed by atoms with E-state index in [-0.39, 0.29) is 11.9 Å². The lowest BCUT2D eigenvalue weighted by Gasteiger charge is -2.03. The number of amides is 1. The van der Waals surface area contributed by atoms with Crippen molar-refractivity contribution in [2.45, 2.75) is 20.8 Å². The zero-order valence-electron chi connectivity index (χ0n) is 13.3. The summed E-state index contributed by atoms with van der Waals surface area (Å²) in [6.07, 6.45) is 0. The van der Waals surface area contributed by atoms with Gasteiger partial charge >= 0.3 is 6.01 Å². The molecule has 0 saturated heterocycles. The quantitative estimate of drug-likeness (QED) is 0.796. The van der Waals surface area contributed by atoms with Crippen LogP contribution in [0.15, 0.2) is 46.9 Å². The minimum Gasteiger partial charge on any atom is -0.403 e. The number of rotatable bonds is 3. The van der Waals surface area contributed by atoms with Gasteiger partial charge in [0.1, 0.15) is 0 Å². The van der Waals surface area contributed by atoms with Gasteiger partial charge in [-0.2, -0.15) is 0 Å². The van der Waals surface area contributed by atoms with Gasteiger partial charge in [0.2, 0.25) is 5.89 Å². The van der Waals surface area contributed by atoms with Crippen LogP contribution in [0.1, 0.15) is 27.0 Å². The summed E-state index contributed by atoms with van der Waals surface area (Å²) in [5.74, 6) is 0.121. The fourth-order valence-electron chi connectivity index (χ4n) is 2.30. The van der Waals surface area contributed by atoms with Crippen LogP contribution in [0, 0.1) is 20.8 Å².